The zero-order valence-electron chi connectivity index (χ0n) is 65.8. The first-order valence-corrected chi connectivity index (χ1v) is 44.7. The van der Waals surface area contributed by atoms with E-state index in [1.807, 2.05) is 0 Å². The van der Waals surface area contributed by atoms with Gasteiger partial charge in [-0.05, 0) is 49.4 Å². The number of carbonyl (C=O) groups excluding carboxylic acids is 4. The van der Waals surface area contributed by atoms with Crippen LogP contribution in [0.5, 0.6) is 0 Å². The Morgan fingerprint density at radius 2 is 0.480 bits per heavy atom. The molecule has 0 heterocycles. The molecule has 0 fully saturated rings. The van der Waals surface area contributed by atoms with E-state index in [0.29, 0.717) is 25.7 Å². The molecule has 17 nitrogen and oxygen atoms in total. The summed E-state index contributed by atoms with van der Waals surface area (Å²) < 4.78 is 68.7. The van der Waals surface area contributed by atoms with Gasteiger partial charge in [0, 0.05) is 25.7 Å². The van der Waals surface area contributed by atoms with Gasteiger partial charge in [-0.25, -0.2) is 9.13 Å². The van der Waals surface area contributed by atoms with Gasteiger partial charge in [-0.2, -0.15) is 0 Å². The topological polar surface area (TPSA) is 237 Å². The highest BCUT2D eigenvalue weighted by molar-refractivity contribution is 7.47. The van der Waals surface area contributed by atoms with Crippen molar-refractivity contribution in [2.75, 3.05) is 39.6 Å². The molecule has 0 saturated heterocycles. The van der Waals surface area contributed by atoms with Crippen LogP contribution in [0.1, 0.15) is 415 Å². The molecule has 0 aromatic rings. The Morgan fingerprint density at radius 3 is 0.710 bits per heavy atom. The number of carbonyl (C=O) groups is 4. The Kier molecular flexibility index (Phi) is 68.7. The first-order valence-electron chi connectivity index (χ1n) is 41.7. The average Bonchev–Trinajstić information content (AvgIpc) is 0.946. The minimum atomic E-state index is -4.96. The maximum absolute atomic E-state index is 13.1. The lowest BCUT2D eigenvalue weighted by Gasteiger charge is -2.21. The Bertz CT molecular complexity index is 1960. The number of aliphatic hydroxyl groups is 1. The van der Waals surface area contributed by atoms with Crippen LogP contribution in [-0.4, -0.2) is 96.7 Å². The van der Waals surface area contributed by atoms with Gasteiger partial charge in [-0.1, -0.05) is 364 Å². The summed E-state index contributed by atoms with van der Waals surface area (Å²) in [5, 5.41) is 10.6. The van der Waals surface area contributed by atoms with Gasteiger partial charge in [0.25, 0.3) is 0 Å². The smallest absolute Gasteiger partial charge is 0.462 e. The molecular formula is C81H158O17P2. The molecule has 0 aliphatic carbocycles. The molecule has 0 spiro atoms. The van der Waals surface area contributed by atoms with Gasteiger partial charge in [0.05, 0.1) is 26.4 Å². The molecule has 0 amide bonds. The number of unbranched alkanes of at least 4 members (excludes halogenated alkanes) is 43. The van der Waals surface area contributed by atoms with Crippen LogP contribution in [-0.2, 0) is 65.4 Å². The second-order valence-electron chi connectivity index (χ2n) is 30.8. The third kappa shape index (κ3) is 73.0. The molecule has 0 aromatic heterocycles. The fourth-order valence-corrected chi connectivity index (χ4v) is 14.0. The highest BCUT2D eigenvalue weighted by atomic mass is 31.2. The van der Waals surface area contributed by atoms with Gasteiger partial charge >= 0.3 is 39.5 Å². The highest BCUT2D eigenvalue weighted by Gasteiger charge is 2.30. The molecule has 0 aliphatic heterocycles. The Balaban J connectivity index is 5.22. The van der Waals surface area contributed by atoms with Crippen molar-refractivity contribution in [2.45, 2.75) is 433 Å². The van der Waals surface area contributed by atoms with Gasteiger partial charge in [0.15, 0.2) is 12.2 Å². The molecule has 0 bridgehead atoms. The number of phosphoric ester groups is 2. The summed E-state index contributed by atoms with van der Waals surface area (Å²) in [4.78, 5) is 73.0. The molecule has 594 valence electrons. The van der Waals surface area contributed by atoms with E-state index < -0.39 is 97.5 Å². The lowest BCUT2D eigenvalue weighted by Crippen LogP contribution is -2.30. The molecular weight excluding hydrogens is 1310 g/mol. The maximum atomic E-state index is 13.1. The van der Waals surface area contributed by atoms with Crippen molar-refractivity contribution in [3.63, 3.8) is 0 Å². The maximum Gasteiger partial charge on any atom is 0.472 e. The van der Waals surface area contributed by atoms with Gasteiger partial charge in [-0.3, -0.25) is 37.3 Å². The van der Waals surface area contributed by atoms with E-state index in [0.717, 1.165) is 114 Å². The van der Waals surface area contributed by atoms with Crippen LogP contribution >= 0.6 is 15.6 Å². The third-order valence-corrected chi connectivity index (χ3v) is 21.1. The molecule has 0 saturated carbocycles. The van der Waals surface area contributed by atoms with E-state index in [-0.39, 0.29) is 25.7 Å². The number of hydrogen-bond donors (Lipinski definition) is 3. The van der Waals surface area contributed by atoms with Crippen molar-refractivity contribution in [3.05, 3.63) is 0 Å². The van der Waals surface area contributed by atoms with Crippen LogP contribution in [0.15, 0.2) is 0 Å². The number of esters is 4. The number of ether oxygens (including phenoxy) is 4. The fourth-order valence-electron chi connectivity index (χ4n) is 12.4. The zero-order valence-corrected chi connectivity index (χ0v) is 67.6. The van der Waals surface area contributed by atoms with Crippen molar-refractivity contribution >= 4 is 39.5 Å². The first kappa shape index (κ1) is 98.1. The number of phosphoric acid groups is 2. The van der Waals surface area contributed by atoms with Crippen LogP contribution in [0.4, 0.5) is 0 Å². The van der Waals surface area contributed by atoms with Gasteiger partial charge in [-0.15, -0.1) is 0 Å². The third-order valence-electron chi connectivity index (χ3n) is 19.2. The average molecular weight is 1470 g/mol. The van der Waals surface area contributed by atoms with Crippen molar-refractivity contribution in [1.29, 1.82) is 0 Å². The largest absolute Gasteiger partial charge is 0.472 e. The monoisotopic (exact) mass is 1470 g/mol. The SMILES string of the molecule is CCC(C)CCCCCCCCCCCCCCCCCCCCC(=O)O[C@H](COC(=O)CCCCCCCCCCCCC(C)C)COP(=O)(O)OC[C@@H](O)COP(=O)(O)OC[C@@H](COC(=O)CCCCCCCCCCCC(C)C)OC(=O)CCCCCCCCCCCCC(C)C. The van der Waals surface area contributed by atoms with Crippen LogP contribution in [0.3, 0.4) is 0 Å². The second kappa shape index (κ2) is 70.1. The van der Waals surface area contributed by atoms with E-state index in [2.05, 4.69) is 55.4 Å². The molecule has 3 N–H and O–H groups in total. The minimum Gasteiger partial charge on any atom is -0.462 e. The van der Waals surface area contributed by atoms with E-state index >= 15 is 0 Å². The number of aliphatic hydroxyl groups excluding tert-OH is 1. The molecule has 0 aliphatic rings. The molecule has 19 heteroatoms. The minimum absolute atomic E-state index is 0.105. The van der Waals surface area contributed by atoms with E-state index in [4.69, 9.17) is 37.0 Å². The van der Waals surface area contributed by atoms with Crippen molar-refractivity contribution in [2.24, 2.45) is 23.7 Å². The van der Waals surface area contributed by atoms with Crippen LogP contribution < -0.4 is 0 Å². The van der Waals surface area contributed by atoms with Crippen molar-refractivity contribution < 1.29 is 80.2 Å². The summed E-state index contributed by atoms with van der Waals surface area (Å²) in [6.07, 6.45) is 56.9. The molecule has 100 heavy (non-hydrogen) atoms. The lowest BCUT2D eigenvalue weighted by atomic mass is 9.99. The highest BCUT2D eigenvalue weighted by Crippen LogP contribution is 2.45. The predicted octanol–water partition coefficient (Wildman–Crippen LogP) is 24.0. The summed E-state index contributed by atoms with van der Waals surface area (Å²) >= 11 is 0. The Hall–Kier alpha value is -1.94. The number of hydrogen-bond acceptors (Lipinski definition) is 15. The standard InChI is InChI=1S/C81H158O17P2/c1-9-74(8)60-52-44-36-28-18-16-14-12-10-11-13-15-17-19-30-39-47-55-63-80(85)97-76(67-91-78(83)61-53-45-37-29-22-20-25-33-41-49-57-71(2)3)69-95-99(87,88)93-65-75(82)66-94-100(89,90)96-70-77(68-92-79(84)62-54-46-38-32-24-27-35-43-51-59-73(6)7)98-81(86)64-56-48-40-31-23-21-26-34-42-50-58-72(4)5/h71-77,82H,9-70H2,1-8H3,(H,87,88)(H,89,90)/t74?,75-,76-,77-/m1/s1. The molecule has 0 aromatic carbocycles. The predicted molar refractivity (Wildman–Crippen MR) is 409 cm³/mol. The number of rotatable bonds is 78. The lowest BCUT2D eigenvalue weighted by molar-refractivity contribution is -0.161. The summed E-state index contributed by atoms with van der Waals surface area (Å²) in [5.41, 5.74) is 0. The second-order valence-corrected chi connectivity index (χ2v) is 33.7. The molecule has 0 rings (SSSR count). The summed E-state index contributed by atoms with van der Waals surface area (Å²) in [6, 6.07) is 0. The van der Waals surface area contributed by atoms with E-state index in [1.165, 1.54) is 218 Å². The van der Waals surface area contributed by atoms with Crippen LogP contribution in [0.25, 0.3) is 0 Å². The Labute approximate surface area is 613 Å². The summed E-state index contributed by atoms with van der Waals surface area (Å²) in [7, 11) is -9.92. The normalized spacial score (nSPS) is 14.3. The Morgan fingerprint density at radius 1 is 0.280 bits per heavy atom. The van der Waals surface area contributed by atoms with Crippen LogP contribution in [0, 0.1) is 23.7 Å². The van der Waals surface area contributed by atoms with Gasteiger partial charge < -0.3 is 33.8 Å². The van der Waals surface area contributed by atoms with Crippen molar-refractivity contribution in [3.8, 4) is 0 Å². The van der Waals surface area contributed by atoms with Gasteiger partial charge in [0.2, 0.25) is 0 Å². The van der Waals surface area contributed by atoms with E-state index in [9.17, 15) is 43.2 Å². The molecule has 6 atom stereocenters. The molecule has 3 unspecified atom stereocenters. The summed E-state index contributed by atoms with van der Waals surface area (Å²) in [5.74, 6) is 1.01. The first-order chi connectivity index (χ1) is 48.1. The quantitative estimate of drug-likeness (QED) is 0.0222. The zero-order chi connectivity index (χ0) is 73.8. The fraction of sp³-hybridized carbons (Fsp3) is 0.951. The molecule has 0 radical (unpaired) electrons. The van der Waals surface area contributed by atoms with Gasteiger partial charge in [0.1, 0.15) is 19.3 Å². The summed E-state index contributed by atoms with van der Waals surface area (Å²) in [6.45, 7) is 14.3. The van der Waals surface area contributed by atoms with Crippen LogP contribution in [0.2, 0.25) is 0 Å². The van der Waals surface area contributed by atoms with Crippen molar-refractivity contribution in [1.82, 2.24) is 0 Å². The van der Waals surface area contributed by atoms with E-state index in [1.54, 1.807) is 0 Å².